The molecule has 20 heavy (non-hydrogen) atoms. The van der Waals surface area contributed by atoms with Crippen LogP contribution in [0.2, 0.25) is 5.02 Å². The third-order valence-corrected chi connectivity index (χ3v) is 6.93. The Balaban J connectivity index is 2.37. The molecule has 0 aliphatic carbocycles. The standard InChI is InChI=1S/C12H16ClFN2O2S2/c1-2-8-7-16(3-4-19-8)20(17,18)12-6-11(15)10(14)5-9(12)13/h5-6,8H,2-4,7,15H2,1H3. The van der Waals surface area contributed by atoms with Gasteiger partial charge in [0.25, 0.3) is 0 Å². The van der Waals surface area contributed by atoms with Gasteiger partial charge in [0.1, 0.15) is 10.7 Å². The van der Waals surface area contributed by atoms with Crippen LogP contribution in [0.3, 0.4) is 0 Å². The Morgan fingerprint density at radius 2 is 2.25 bits per heavy atom. The predicted octanol–water partition coefficient (Wildman–Crippen LogP) is 2.58. The van der Waals surface area contributed by atoms with Gasteiger partial charge < -0.3 is 5.73 Å². The first-order valence-electron chi connectivity index (χ1n) is 6.22. The number of rotatable bonds is 3. The summed E-state index contributed by atoms with van der Waals surface area (Å²) >= 11 is 7.63. The molecule has 0 radical (unpaired) electrons. The Bertz CT molecular complexity index is 610. The van der Waals surface area contributed by atoms with Crippen molar-refractivity contribution in [1.82, 2.24) is 4.31 Å². The zero-order valence-corrected chi connectivity index (χ0v) is 13.4. The zero-order valence-electron chi connectivity index (χ0n) is 11.0. The van der Waals surface area contributed by atoms with Gasteiger partial charge in [-0.05, 0) is 18.6 Å². The minimum Gasteiger partial charge on any atom is -0.396 e. The van der Waals surface area contributed by atoms with Crippen LogP contribution in [-0.4, -0.2) is 36.8 Å². The highest BCUT2D eigenvalue weighted by atomic mass is 35.5. The molecule has 1 heterocycles. The fraction of sp³-hybridized carbons (Fsp3) is 0.500. The number of sulfonamides is 1. The van der Waals surface area contributed by atoms with Gasteiger partial charge in [0, 0.05) is 24.1 Å². The van der Waals surface area contributed by atoms with Crippen LogP contribution in [0.4, 0.5) is 10.1 Å². The van der Waals surface area contributed by atoms with Crippen molar-refractivity contribution in [2.24, 2.45) is 0 Å². The summed E-state index contributed by atoms with van der Waals surface area (Å²) in [6.07, 6.45) is 0.899. The quantitative estimate of drug-likeness (QED) is 0.860. The van der Waals surface area contributed by atoms with Crippen LogP contribution in [0.5, 0.6) is 0 Å². The summed E-state index contributed by atoms with van der Waals surface area (Å²) in [5.41, 5.74) is 5.23. The minimum absolute atomic E-state index is 0.125. The highest BCUT2D eigenvalue weighted by molar-refractivity contribution is 8.00. The molecule has 1 saturated heterocycles. The van der Waals surface area contributed by atoms with Gasteiger partial charge in [0.15, 0.2) is 0 Å². The molecule has 1 atom stereocenters. The highest BCUT2D eigenvalue weighted by Crippen LogP contribution is 2.31. The molecule has 1 aromatic rings. The van der Waals surface area contributed by atoms with E-state index >= 15 is 0 Å². The fourth-order valence-corrected chi connectivity index (χ4v) is 5.44. The van der Waals surface area contributed by atoms with Gasteiger partial charge in [0.05, 0.1) is 10.7 Å². The van der Waals surface area contributed by atoms with Gasteiger partial charge in [-0.15, -0.1) is 0 Å². The van der Waals surface area contributed by atoms with E-state index in [0.717, 1.165) is 24.3 Å². The predicted molar refractivity (Wildman–Crippen MR) is 81.1 cm³/mol. The number of hydrogen-bond acceptors (Lipinski definition) is 4. The Morgan fingerprint density at radius 3 is 2.90 bits per heavy atom. The van der Waals surface area contributed by atoms with E-state index in [0.29, 0.717) is 13.1 Å². The van der Waals surface area contributed by atoms with Crippen molar-refractivity contribution in [3.8, 4) is 0 Å². The number of nitrogens with two attached hydrogens (primary N) is 1. The average molecular weight is 339 g/mol. The highest BCUT2D eigenvalue weighted by Gasteiger charge is 2.31. The first-order chi connectivity index (χ1) is 9.36. The van der Waals surface area contributed by atoms with Crippen molar-refractivity contribution in [2.75, 3.05) is 24.6 Å². The number of anilines is 1. The molecule has 0 saturated carbocycles. The second kappa shape index (κ2) is 6.09. The van der Waals surface area contributed by atoms with E-state index < -0.39 is 15.8 Å². The van der Waals surface area contributed by atoms with Crippen molar-refractivity contribution in [1.29, 1.82) is 0 Å². The third kappa shape index (κ3) is 3.05. The SMILES string of the molecule is CCC1CN(S(=O)(=O)c2cc(N)c(F)cc2Cl)CCS1. The van der Waals surface area contributed by atoms with Gasteiger partial charge >= 0.3 is 0 Å². The smallest absolute Gasteiger partial charge is 0.244 e. The number of thioether (sulfide) groups is 1. The molecule has 1 fully saturated rings. The summed E-state index contributed by atoms with van der Waals surface area (Å²) in [4.78, 5) is -0.125. The van der Waals surface area contributed by atoms with Gasteiger partial charge in [-0.25, -0.2) is 12.8 Å². The van der Waals surface area contributed by atoms with Crippen molar-refractivity contribution in [2.45, 2.75) is 23.5 Å². The molecule has 1 aromatic carbocycles. The summed E-state index contributed by atoms with van der Waals surface area (Å²) in [5.74, 6) is 0.0287. The maximum Gasteiger partial charge on any atom is 0.244 e. The summed E-state index contributed by atoms with van der Waals surface area (Å²) in [5, 5.41) is 0.137. The van der Waals surface area contributed by atoms with Crippen molar-refractivity contribution in [3.63, 3.8) is 0 Å². The second-order valence-corrected chi connectivity index (χ2v) is 8.29. The van der Waals surface area contributed by atoms with Crippen LogP contribution in [0.1, 0.15) is 13.3 Å². The largest absolute Gasteiger partial charge is 0.396 e. The van der Waals surface area contributed by atoms with E-state index in [4.69, 9.17) is 17.3 Å². The molecule has 1 aliphatic rings. The van der Waals surface area contributed by atoms with Crippen LogP contribution < -0.4 is 5.73 Å². The molecule has 1 aliphatic heterocycles. The van der Waals surface area contributed by atoms with Gasteiger partial charge in [-0.2, -0.15) is 16.1 Å². The first-order valence-corrected chi connectivity index (χ1v) is 9.09. The normalized spacial score (nSPS) is 21.1. The van der Waals surface area contributed by atoms with E-state index in [-0.39, 0.29) is 20.9 Å². The molecule has 2 N–H and O–H groups in total. The van der Waals surface area contributed by atoms with Gasteiger partial charge in [0.2, 0.25) is 10.0 Å². The molecule has 2 rings (SSSR count). The Morgan fingerprint density at radius 1 is 1.55 bits per heavy atom. The Labute approximate surface area is 127 Å². The Hall–Kier alpha value is -0.500. The van der Waals surface area contributed by atoms with Gasteiger partial charge in [-0.3, -0.25) is 0 Å². The first kappa shape index (κ1) is 15.9. The fourth-order valence-electron chi connectivity index (χ4n) is 2.04. The molecule has 4 nitrogen and oxygen atoms in total. The van der Waals surface area contributed by atoms with E-state index in [1.165, 1.54) is 4.31 Å². The number of hydrogen-bond donors (Lipinski definition) is 1. The van der Waals surface area contributed by atoms with Crippen LogP contribution in [-0.2, 0) is 10.0 Å². The van der Waals surface area contributed by atoms with E-state index in [1.807, 2.05) is 6.92 Å². The lowest BCUT2D eigenvalue weighted by molar-refractivity contribution is 0.416. The zero-order chi connectivity index (χ0) is 14.9. The van der Waals surface area contributed by atoms with Crippen molar-refractivity contribution >= 4 is 39.1 Å². The second-order valence-electron chi connectivity index (χ2n) is 4.57. The number of nitrogens with zero attached hydrogens (tertiary/aromatic N) is 1. The molecule has 0 bridgehead atoms. The molecule has 0 amide bonds. The minimum atomic E-state index is -3.73. The van der Waals surface area contributed by atoms with Crippen LogP contribution in [0, 0.1) is 5.82 Å². The lowest BCUT2D eigenvalue weighted by Crippen LogP contribution is -2.41. The van der Waals surface area contributed by atoms with E-state index in [9.17, 15) is 12.8 Å². The number of nitrogen functional groups attached to an aromatic ring is 1. The lowest BCUT2D eigenvalue weighted by atomic mass is 10.3. The molecule has 0 aromatic heterocycles. The summed E-state index contributed by atoms with van der Waals surface area (Å²) in [6, 6.07) is 2.04. The van der Waals surface area contributed by atoms with E-state index in [1.54, 1.807) is 11.8 Å². The summed E-state index contributed by atoms with van der Waals surface area (Å²) in [7, 11) is -3.73. The maximum atomic E-state index is 13.3. The molecular formula is C12H16ClFN2O2S2. The Kier molecular flexibility index (Phi) is 4.84. The molecule has 0 spiro atoms. The van der Waals surface area contributed by atoms with E-state index in [2.05, 4.69) is 0 Å². The topological polar surface area (TPSA) is 63.4 Å². The molecule has 1 unspecified atom stereocenters. The van der Waals surface area contributed by atoms with Gasteiger partial charge in [-0.1, -0.05) is 18.5 Å². The molecule has 8 heteroatoms. The van der Waals surface area contributed by atoms with Crippen LogP contribution in [0.25, 0.3) is 0 Å². The molecule has 112 valence electrons. The number of benzene rings is 1. The maximum absolute atomic E-state index is 13.3. The third-order valence-electron chi connectivity index (χ3n) is 3.23. The number of halogens is 2. The van der Waals surface area contributed by atoms with Crippen LogP contribution in [0.15, 0.2) is 17.0 Å². The summed E-state index contributed by atoms with van der Waals surface area (Å²) < 4.78 is 39.9. The molecular weight excluding hydrogens is 323 g/mol. The average Bonchev–Trinajstić information content (AvgIpc) is 2.42. The van der Waals surface area contributed by atoms with Crippen molar-refractivity contribution < 1.29 is 12.8 Å². The monoisotopic (exact) mass is 338 g/mol. The van der Waals surface area contributed by atoms with Crippen LogP contribution >= 0.6 is 23.4 Å². The lowest BCUT2D eigenvalue weighted by Gasteiger charge is -2.31. The summed E-state index contributed by atoms with van der Waals surface area (Å²) in [6.45, 7) is 2.89. The van der Waals surface area contributed by atoms with Crippen molar-refractivity contribution in [3.05, 3.63) is 23.0 Å².